The molecule has 142 valence electrons. The van der Waals surface area contributed by atoms with E-state index >= 15 is 0 Å². The molecule has 0 saturated carbocycles. The summed E-state index contributed by atoms with van der Waals surface area (Å²) in [6.07, 6.45) is 10.9. The van der Waals surface area contributed by atoms with E-state index in [0.717, 1.165) is 18.4 Å². The minimum atomic E-state index is -0.694. The standard InChI is InChI=1S/C20H30N4O2/c1-3-4-5-6-7-8-9-13-16-18-21-23-24(22-18)19(20(25)26-2)17-14-11-10-12-15-17/h10-12,14-15,19H,3-9,13,16H2,1-2H3. The van der Waals surface area contributed by atoms with E-state index in [4.69, 9.17) is 4.74 Å². The fourth-order valence-corrected chi connectivity index (χ4v) is 2.99. The third-order valence-corrected chi connectivity index (χ3v) is 4.49. The quantitative estimate of drug-likeness (QED) is 0.422. The lowest BCUT2D eigenvalue weighted by molar-refractivity contribution is -0.143. The van der Waals surface area contributed by atoms with Crippen LogP contribution in [0.5, 0.6) is 0 Å². The van der Waals surface area contributed by atoms with E-state index in [1.165, 1.54) is 56.9 Å². The van der Waals surface area contributed by atoms with Crippen molar-refractivity contribution in [1.29, 1.82) is 0 Å². The van der Waals surface area contributed by atoms with Gasteiger partial charge in [0.1, 0.15) is 0 Å². The lowest BCUT2D eigenvalue weighted by Gasteiger charge is -2.13. The van der Waals surface area contributed by atoms with Crippen LogP contribution in [-0.4, -0.2) is 33.3 Å². The summed E-state index contributed by atoms with van der Waals surface area (Å²) in [5.74, 6) is 0.285. The van der Waals surface area contributed by atoms with Crippen LogP contribution in [0.3, 0.4) is 0 Å². The van der Waals surface area contributed by atoms with E-state index in [9.17, 15) is 4.79 Å². The lowest BCUT2D eigenvalue weighted by Crippen LogP contribution is -2.24. The van der Waals surface area contributed by atoms with Crippen LogP contribution in [-0.2, 0) is 16.0 Å². The highest BCUT2D eigenvalue weighted by Gasteiger charge is 2.26. The van der Waals surface area contributed by atoms with Gasteiger partial charge in [0.2, 0.25) is 0 Å². The van der Waals surface area contributed by atoms with Gasteiger partial charge in [-0.15, -0.1) is 15.0 Å². The molecule has 0 radical (unpaired) electrons. The van der Waals surface area contributed by atoms with Crippen LogP contribution in [0.25, 0.3) is 0 Å². The number of benzene rings is 1. The number of rotatable bonds is 12. The molecule has 26 heavy (non-hydrogen) atoms. The maximum Gasteiger partial charge on any atom is 0.337 e. The zero-order chi connectivity index (χ0) is 18.6. The van der Waals surface area contributed by atoms with Gasteiger partial charge in [0.15, 0.2) is 11.9 Å². The smallest absolute Gasteiger partial charge is 0.337 e. The van der Waals surface area contributed by atoms with Crippen LogP contribution in [0.1, 0.15) is 75.7 Å². The van der Waals surface area contributed by atoms with Crippen molar-refractivity contribution in [3.05, 3.63) is 41.7 Å². The van der Waals surface area contributed by atoms with E-state index in [-0.39, 0.29) is 0 Å². The second-order valence-corrected chi connectivity index (χ2v) is 6.59. The van der Waals surface area contributed by atoms with E-state index < -0.39 is 12.0 Å². The Morgan fingerprint density at radius 1 is 1.04 bits per heavy atom. The average molecular weight is 358 g/mol. The first kappa shape index (κ1) is 20.1. The van der Waals surface area contributed by atoms with Crippen LogP contribution in [0, 0.1) is 0 Å². The van der Waals surface area contributed by atoms with E-state index in [2.05, 4.69) is 22.3 Å². The van der Waals surface area contributed by atoms with Crippen molar-refractivity contribution in [2.45, 2.75) is 70.8 Å². The average Bonchev–Trinajstić information content (AvgIpc) is 3.13. The molecule has 0 N–H and O–H groups in total. The summed E-state index contributed by atoms with van der Waals surface area (Å²) in [6, 6.07) is 8.70. The van der Waals surface area contributed by atoms with Crippen molar-refractivity contribution in [3.63, 3.8) is 0 Å². The molecule has 2 aromatic rings. The second-order valence-electron chi connectivity index (χ2n) is 6.59. The molecule has 0 spiro atoms. The highest BCUT2D eigenvalue weighted by atomic mass is 16.5. The molecular formula is C20H30N4O2. The van der Waals surface area contributed by atoms with Crippen molar-refractivity contribution < 1.29 is 9.53 Å². The summed E-state index contributed by atoms with van der Waals surface area (Å²) in [6.45, 7) is 2.24. The maximum atomic E-state index is 12.2. The van der Waals surface area contributed by atoms with Crippen LogP contribution in [0.2, 0.25) is 0 Å². The van der Waals surface area contributed by atoms with Crippen LogP contribution < -0.4 is 0 Å². The summed E-state index contributed by atoms with van der Waals surface area (Å²) in [5.41, 5.74) is 0.787. The predicted octanol–water partition coefficient (Wildman–Crippen LogP) is 4.12. The van der Waals surface area contributed by atoms with Crippen molar-refractivity contribution >= 4 is 5.97 Å². The van der Waals surface area contributed by atoms with Crippen molar-refractivity contribution in [3.8, 4) is 0 Å². The molecular weight excluding hydrogens is 328 g/mol. The number of hydrogen-bond acceptors (Lipinski definition) is 5. The Bertz CT molecular complexity index is 642. The third-order valence-electron chi connectivity index (χ3n) is 4.49. The van der Waals surface area contributed by atoms with Gasteiger partial charge in [-0.2, -0.15) is 0 Å². The molecule has 1 aromatic heterocycles. The molecule has 1 atom stereocenters. The van der Waals surface area contributed by atoms with Gasteiger partial charge in [-0.1, -0.05) is 82.2 Å². The fourth-order valence-electron chi connectivity index (χ4n) is 2.99. The normalized spacial score (nSPS) is 12.1. The van der Waals surface area contributed by atoms with Crippen molar-refractivity contribution in [2.24, 2.45) is 0 Å². The largest absolute Gasteiger partial charge is 0.467 e. The number of carbonyl (C=O) groups is 1. The molecule has 0 bridgehead atoms. The minimum Gasteiger partial charge on any atom is -0.467 e. The van der Waals surface area contributed by atoms with Crippen LogP contribution >= 0.6 is 0 Å². The Labute approximate surface area is 155 Å². The fraction of sp³-hybridized carbons (Fsp3) is 0.600. The number of aromatic nitrogens is 4. The SMILES string of the molecule is CCCCCCCCCCc1nnn(C(C(=O)OC)c2ccccc2)n1. The first-order valence-corrected chi connectivity index (χ1v) is 9.67. The maximum absolute atomic E-state index is 12.2. The minimum absolute atomic E-state index is 0.396. The highest BCUT2D eigenvalue weighted by Crippen LogP contribution is 2.18. The van der Waals surface area contributed by atoms with E-state index in [1.807, 2.05) is 30.3 Å². The summed E-state index contributed by atoms with van der Waals surface area (Å²) in [7, 11) is 1.37. The lowest BCUT2D eigenvalue weighted by atomic mass is 10.1. The molecule has 1 unspecified atom stereocenters. The molecule has 0 aliphatic carbocycles. The molecule has 1 aromatic carbocycles. The van der Waals surface area contributed by atoms with Crippen molar-refractivity contribution in [2.75, 3.05) is 7.11 Å². The summed E-state index contributed by atoms with van der Waals surface area (Å²) >= 11 is 0. The number of esters is 1. The predicted molar refractivity (Wildman–Crippen MR) is 101 cm³/mol. The number of methoxy groups -OCH3 is 1. The Morgan fingerprint density at radius 3 is 2.35 bits per heavy atom. The van der Waals surface area contributed by atoms with Gasteiger partial charge in [0, 0.05) is 6.42 Å². The number of nitrogens with zero attached hydrogens (tertiary/aromatic N) is 4. The topological polar surface area (TPSA) is 69.9 Å². The molecule has 6 heteroatoms. The molecule has 6 nitrogen and oxygen atoms in total. The summed E-state index contributed by atoms with van der Waals surface area (Å²) < 4.78 is 4.92. The zero-order valence-corrected chi connectivity index (χ0v) is 15.9. The third kappa shape index (κ3) is 6.24. The summed E-state index contributed by atoms with van der Waals surface area (Å²) in [4.78, 5) is 13.5. The Morgan fingerprint density at radius 2 is 1.69 bits per heavy atom. The molecule has 0 aliphatic rings. The molecule has 0 saturated heterocycles. The van der Waals surface area contributed by atoms with E-state index in [1.54, 1.807) is 0 Å². The van der Waals surface area contributed by atoms with Crippen LogP contribution in [0.15, 0.2) is 30.3 Å². The van der Waals surface area contributed by atoms with Gasteiger partial charge in [-0.3, -0.25) is 0 Å². The number of tetrazole rings is 1. The molecule has 0 fully saturated rings. The Hall–Kier alpha value is -2.24. The molecule has 2 rings (SSSR count). The number of unbranched alkanes of at least 4 members (excludes halogenated alkanes) is 7. The monoisotopic (exact) mass is 358 g/mol. The van der Waals surface area contributed by atoms with Gasteiger partial charge in [-0.25, -0.2) is 4.79 Å². The molecule has 0 aliphatic heterocycles. The highest BCUT2D eigenvalue weighted by molar-refractivity contribution is 5.77. The summed E-state index contributed by atoms with van der Waals surface area (Å²) in [5, 5.41) is 12.6. The first-order valence-electron chi connectivity index (χ1n) is 9.67. The second kappa shape index (κ2) is 11.4. The number of carbonyl (C=O) groups excluding carboxylic acids is 1. The Balaban J connectivity index is 1.84. The number of aryl methyl sites for hydroxylation is 1. The number of hydrogen-bond donors (Lipinski definition) is 0. The molecule has 1 heterocycles. The molecule has 0 amide bonds. The zero-order valence-electron chi connectivity index (χ0n) is 15.9. The first-order chi connectivity index (χ1) is 12.8. The van der Waals surface area contributed by atoms with Gasteiger partial charge < -0.3 is 4.74 Å². The van der Waals surface area contributed by atoms with Crippen molar-refractivity contribution in [1.82, 2.24) is 20.2 Å². The van der Waals surface area contributed by atoms with Gasteiger partial charge >= 0.3 is 5.97 Å². The van der Waals surface area contributed by atoms with Gasteiger partial charge in [-0.05, 0) is 17.2 Å². The van der Waals surface area contributed by atoms with Gasteiger partial charge in [0.25, 0.3) is 0 Å². The van der Waals surface area contributed by atoms with E-state index in [0.29, 0.717) is 5.82 Å². The number of ether oxygens (including phenoxy) is 1. The van der Waals surface area contributed by atoms with Gasteiger partial charge in [0.05, 0.1) is 7.11 Å². The van der Waals surface area contributed by atoms with Crippen LogP contribution in [0.4, 0.5) is 0 Å². The Kier molecular flexibility index (Phi) is 8.79.